The maximum absolute atomic E-state index is 13.3. The summed E-state index contributed by atoms with van der Waals surface area (Å²) in [5, 5.41) is 3.94. The van der Waals surface area contributed by atoms with Crippen molar-refractivity contribution in [2.45, 2.75) is 25.6 Å². The van der Waals surface area contributed by atoms with Crippen molar-refractivity contribution in [1.82, 2.24) is 10.2 Å². The Morgan fingerprint density at radius 2 is 2.00 bits per heavy atom. The minimum Gasteiger partial charge on any atom is -0.493 e. The SMILES string of the molecule is COc1cccc2c1OC1(C)C(C(=O)N(C)C)C2NC(=S)N1c1cccc(C)c1. The number of benzene rings is 2. The van der Waals surface area contributed by atoms with E-state index in [-0.39, 0.29) is 11.9 Å². The lowest BCUT2D eigenvalue weighted by molar-refractivity contribution is -0.144. The summed E-state index contributed by atoms with van der Waals surface area (Å²) in [6.07, 6.45) is 0. The van der Waals surface area contributed by atoms with Crippen LogP contribution in [0.1, 0.15) is 24.1 Å². The van der Waals surface area contributed by atoms with Crippen LogP contribution in [-0.4, -0.2) is 42.8 Å². The van der Waals surface area contributed by atoms with Crippen LogP contribution in [0.15, 0.2) is 42.5 Å². The summed E-state index contributed by atoms with van der Waals surface area (Å²) in [5.41, 5.74) is 1.82. The molecule has 29 heavy (non-hydrogen) atoms. The Labute approximate surface area is 176 Å². The Morgan fingerprint density at radius 3 is 2.66 bits per heavy atom. The second-order valence-corrected chi connectivity index (χ2v) is 8.23. The zero-order valence-electron chi connectivity index (χ0n) is 17.2. The van der Waals surface area contributed by atoms with E-state index in [4.69, 9.17) is 21.7 Å². The van der Waals surface area contributed by atoms with E-state index in [9.17, 15) is 4.79 Å². The number of fused-ring (bicyclic) bond motifs is 4. The molecule has 2 aliphatic rings. The van der Waals surface area contributed by atoms with Crippen molar-refractivity contribution < 1.29 is 14.3 Å². The molecular formula is C22H25N3O3S. The van der Waals surface area contributed by atoms with Gasteiger partial charge in [0.25, 0.3) is 0 Å². The van der Waals surface area contributed by atoms with Crippen molar-refractivity contribution in [2.75, 3.05) is 26.1 Å². The van der Waals surface area contributed by atoms with Gasteiger partial charge in [-0.1, -0.05) is 24.3 Å². The third-order valence-electron chi connectivity index (χ3n) is 5.68. The molecule has 4 rings (SSSR count). The summed E-state index contributed by atoms with van der Waals surface area (Å²) in [6, 6.07) is 13.4. The van der Waals surface area contributed by atoms with Crippen molar-refractivity contribution in [1.29, 1.82) is 0 Å². The number of thiocarbonyl (C=S) groups is 1. The van der Waals surface area contributed by atoms with Crippen LogP contribution in [0, 0.1) is 12.8 Å². The van der Waals surface area contributed by atoms with Crippen molar-refractivity contribution in [2.24, 2.45) is 5.92 Å². The predicted octanol–water partition coefficient (Wildman–Crippen LogP) is 3.25. The van der Waals surface area contributed by atoms with Gasteiger partial charge in [0, 0.05) is 25.3 Å². The summed E-state index contributed by atoms with van der Waals surface area (Å²) < 4.78 is 12.2. The zero-order valence-corrected chi connectivity index (χ0v) is 18.0. The van der Waals surface area contributed by atoms with Crippen LogP contribution >= 0.6 is 12.2 Å². The van der Waals surface area contributed by atoms with E-state index in [1.807, 2.05) is 61.2 Å². The fourth-order valence-corrected chi connectivity index (χ4v) is 4.76. The molecule has 0 radical (unpaired) electrons. The maximum atomic E-state index is 13.3. The summed E-state index contributed by atoms with van der Waals surface area (Å²) in [4.78, 5) is 16.9. The fraction of sp³-hybridized carbons (Fsp3) is 0.364. The molecule has 1 fully saturated rings. The number of rotatable bonds is 3. The molecule has 2 heterocycles. The summed E-state index contributed by atoms with van der Waals surface area (Å²) in [5.74, 6) is 0.731. The van der Waals surface area contributed by atoms with E-state index in [1.165, 1.54) is 0 Å². The third kappa shape index (κ3) is 2.92. The van der Waals surface area contributed by atoms with Crippen molar-refractivity contribution >= 4 is 28.9 Å². The number of aryl methyl sites for hydroxylation is 1. The number of anilines is 1. The van der Waals surface area contributed by atoms with Gasteiger partial charge in [-0.25, -0.2) is 0 Å². The first-order chi connectivity index (χ1) is 13.8. The van der Waals surface area contributed by atoms with Crippen LogP contribution in [0.4, 0.5) is 5.69 Å². The summed E-state index contributed by atoms with van der Waals surface area (Å²) in [6.45, 7) is 3.95. The van der Waals surface area contributed by atoms with Gasteiger partial charge in [-0.15, -0.1) is 0 Å². The Bertz CT molecular complexity index is 993. The molecule has 3 atom stereocenters. The average molecular weight is 412 g/mol. The lowest BCUT2D eigenvalue weighted by Crippen LogP contribution is -2.72. The van der Waals surface area contributed by atoms with Gasteiger partial charge in [0.2, 0.25) is 5.91 Å². The quantitative estimate of drug-likeness (QED) is 0.783. The number of para-hydroxylation sites is 1. The van der Waals surface area contributed by atoms with E-state index >= 15 is 0 Å². The van der Waals surface area contributed by atoms with Gasteiger partial charge in [-0.05, 0) is 49.8 Å². The highest BCUT2D eigenvalue weighted by Crippen LogP contribution is 2.52. The normalized spacial score (nSPS) is 24.9. The molecule has 2 aromatic rings. The molecule has 3 unspecified atom stereocenters. The van der Waals surface area contributed by atoms with E-state index in [1.54, 1.807) is 26.1 Å². The van der Waals surface area contributed by atoms with Crippen molar-refractivity contribution in [3.63, 3.8) is 0 Å². The number of hydrogen-bond acceptors (Lipinski definition) is 4. The van der Waals surface area contributed by atoms with Crippen molar-refractivity contribution in [3.05, 3.63) is 53.6 Å². The van der Waals surface area contributed by atoms with Crippen LogP contribution < -0.4 is 19.7 Å². The third-order valence-corrected chi connectivity index (χ3v) is 5.98. The van der Waals surface area contributed by atoms with E-state index in [0.29, 0.717) is 16.6 Å². The van der Waals surface area contributed by atoms with Gasteiger partial charge in [0.1, 0.15) is 5.92 Å². The first-order valence-corrected chi connectivity index (χ1v) is 9.93. The Hall–Kier alpha value is -2.80. The summed E-state index contributed by atoms with van der Waals surface area (Å²) >= 11 is 5.75. The largest absolute Gasteiger partial charge is 0.493 e. The van der Waals surface area contributed by atoms with Gasteiger partial charge < -0.3 is 19.7 Å². The number of nitrogens with one attached hydrogen (secondary N) is 1. The molecule has 1 saturated heterocycles. The highest BCUT2D eigenvalue weighted by atomic mass is 32.1. The van der Waals surface area contributed by atoms with E-state index in [2.05, 4.69) is 5.32 Å². The number of methoxy groups -OCH3 is 1. The molecule has 1 N–H and O–H groups in total. The lowest BCUT2D eigenvalue weighted by Gasteiger charge is -2.56. The van der Waals surface area contributed by atoms with Gasteiger partial charge >= 0.3 is 0 Å². The predicted molar refractivity (Wildman–Crippen MR) is 116 cm³/mol. The molecule has 1 amide bonds. The van der Waals surface area contributed by atoms with Crippen molar-refractivity contribution in [3.8, 4) is 11.5 Å². The van der Waals surface area contributed by atoms with Crippen LogP contribution in [0.5, 0.6) is 11.5 Å². The number of ether oxygens (including phenoxy) is 2. The molecule has 0 spiro atoms. The van der Waals surface area contributed by atoms with Crippen LogP contribution in [0.3, 0.4) is 0 Å². The molecule has 0 aromatic heterocycles. The molecule has 6 nitrogen and oxygen atoms in total. The van der Waals surface area contributed by atoms with E-state index in [0.717, 1.165) is 16.8 Å². The highest BCUT2D eigenvalue weighted by Gasteiger charge is 2.59. The molecule has 7 heteroatoms. The minimum atomic E-state index is -1.02. The Kier molecular flexibility index (Phi) is 4.65. The lowest BCUT2D eigenvalue weighted by atomic mass is 9.78. The molecule has 2 bridgehead atoms. The van der Waals surface area contributed by atoms with Crippen LogP contribution in [0.25, 0.3) is 0 Å². The minimum absolute atomic E-state index is 0.0291. The standard InChI is InChI=1S/C22H25N3O3S/c1-13-8-6-9-14(12-13)25-21(29)23-18-15-10-7-11-16(27-5)19(15)28-22(25,2)17(18)20(26)24(3)4/h6-12,17-18H,1-5H3,(H,23,29). The van der Waals surface area contributed by atoms with Crippen LogP contribution in [0.2, 0.25) is 0 Å². The van der Waals surface area contributed by atoms with Gasteiger partial charge in [-0.2, -0.15) is 0 Å². The maximum Gasteiger partial charge on any atom is 0.233 e. The van der Waals surface area contributed by atoms with Crippen LogP contribution in [-0.2, 0) is 4.79 Å². The molecule has 2 aromatic carbocycles. The molecule has 2 aliphatic heterocycles. The number of carbonyl (C=O) groups is 1. The first-order valence-electron chi connectivity index (χ1n) is 9.52. The number of carbonyl (C=O) groups excluding carboxylic acids is 1. The smallest absolute Gasteiger partial charge is 0.233 e. The number of amides is 1. The molecule has 0 aliphatic carbocycles. The first kappa shape index (κ1) is 19.5. The molecule has 152 valence electrons. The Morgan fingerprint density at radius 1 is 1.28 bits per heavy atom. The molecule has 0 saturated carbocycles. The van der Waals surface area contributed by atoms with Gasteiger partial charge in [0.15, 0.2) is 22.3 Å². The summed E-state index contributed by atoms with van der Waals surface area (Å²) in [7, 11) is 5.14. The second-order valence-electron chi connectivity index (χ2n) is 7.85. The average Bonchev–Trinajstić information content (AvgIpc) is 2.66. The van der Waals surface area contributed by atoms with E-state index < -0.39 is 11.6 Å². The highest BCUT2D eigenvalue weighted by molar-refractivity contribution is 7.80. The zero-order chi connectivity index (χ0) is 20.9. The molecular weight excluding hydrogens is 386 g/mol. The van der Waals surface area contributed by atoms with Gasteiger partial charge in [0.05, 0.1) is 13.2 Å². The topological polar surface area (TPSA) is 54.0 Å². The number of nitrogens with zero attached hydrogens (tertiary/aromatic N) is 2. The Balaban J connectivity index is 1.95. The second kappa shape index (κ2) is 6.91. The monoisotopic (exact) mass is 411 g/mol. The number of hydrogen-bond donors (Lipinski definition) is 1. The fourth-order valence-electron chi connectivity index (χ4n) is 4.34. The van der Waals surface area contributed by atoms with Gasteiger partial charge in [-0.3, -0.25) is 9.69 Å².